The molecular formula is C20H24N2O4S. The number of likely N-dealkylation sites (tertiary alicyclic amines) is 1. The van der Waals surface area contributed by atoms with Crippen LogP contribution in [0, 0.1) is 5.92 Å². The average molecular weight is 388 g/mol. The first kappa shape index (κ1) is 19.2. The smallest absolute Gasteiger partial charge is 0.263 e. The van der Waals surface area contributed by atoms with Gasteiger partial charge in [-0.1, -0.05) is 6.07 Å². The highest BCUT2D eigenvalue weighted by molar-refractivity contribution is 7.12. The highest BCUT2D eigenvalue weighted by atomic mass is 32.1. The summed E-state index contributed by atoms with van der Waals surface area (Å²) in [5, 5.41) is 4.91. The summed E-state index contributed by atoms with van der Waals surface area (Å²) in [5.74, 6) is 1.48. The van der Waals surface area contributed by atoms with Gasteiger partial charge in [0.25, 0.3) is 11.8 Å². The number of carbonyl (C=O) groups excluding carboxylic acids is 2. The van der Waals surface area contributed by atoms with Crippen molar-refractivity contribution in [2.75, 3.05) is 33.9 Å². The van der Waals surface area contributed by atoms with Crippen LogP contribution in [0.1, 0.15) is 32.9 Å². The molecule has 6 nitrogen and oxygen atoms in total. The molecule has 1 aliphatic rings. The van der Waals surface area contributed by atoms with E-state index < -0.39 is 0 Å². The third-order valence-corrected chi connectivity index (χ3v) is 5.69. The predicted octanol–water partition coefficient (Wildman–Crippen LogP) is 3.05. The second-order valence-electron chi connectivity index (χ2n) is 6.49. The molecule has 2 heterocycles. The minimum Gasteiger partial charge on any atom is -0.493 e. The summed E-state index contributed by atoms with van der Waals surface area (Å²) in [6, 6.07) is 8.88. The van der Waals surface area contributed by atoms with E-state index in [0.29, 0.717) is 29.5 Å². The fraction of sp³-hybridized carbons (Fsp3) is 0.400. The minimum atomic E-state index is -0.131. The second-order valence-corrected chi connectivity index (χ2v) is 7.44. The number of thiophene rings is 1. The first-order chi connectivity index (χ1) is 13.1. The Bertz CT molecular complexity index is 783. The zero-order chi connectivity index (χ0) is 19.2. The van der Waals surface area contributed by atoms with Crippen LogP contribution in [0.15, 0.2) is 35.7 Å². The maximum Gasteiger partial charge on any atom is 0.263 e. The summed E-state index contributed by atoms with van der Waals surface area (Å²) in [5.41, 5.74) is 0.540. The first-order valence-electron chi connectivity index (χ1n) is 8.95. The van der Waals surface area contributed by atoms with Crippen LogP contribution in [-0.4, -0.2) is 50.6 Å². The fourth-order valence-corrected chi connectivity index (χ4v) is 3.90. The van der Waals surface area contributed by atoms with E-state index in [2.05, 4.69) is 5.32 Å². The molecule has 2 amide bonds. The van der Waals surface area contributed by atoms with Gasteiger partial charge in [0.15, 0.2) is 11.5 Å². The molecule has 1 N–H and O–H groups in total. The molecule has 1 aromatic heterocycles. The van der Waals surface area contributed by atoms with Crippen LogP contribution in [-0.2, 0) is 0 Å². The van der Waals surface area contributed by atoms with E-state index in [1.165, 1.54) is 11.3 Å². The van der Waals surface area contributed by atoms with E-state index >= 15 is 0 Å². The van der Waals surface area contributed by atoms with Crippen LogP contribution < -0.4 is 14.8 Å². The van der Waals surface area contributed by atoms with Gasteiger partial charge in [0, 0.05) is 25.2 Å². The topological polar surface area (TPSA) is 67.9 Å². The normalized spacial score (nSPS) is 14.7. The van der Waals surface area contributed by atoms with Crippen molar-refractivity contribution < 1.29 is 19.1 Å². The van der Waals surface area contributed by atoms with Crippen molar-refractivity contribution in [3.8, 4) is 11.5 Å². The highest BCUT2D eigenvalue weighted by Gasteiger charge is 2.24. The van der Waals surface area contributed by atoms with Crippen LogP contribution in [0.4, 0.5) is 0 Å². The Kier molecular flexibility index (Phi) is 6.34. The number of nitrogens with one attached hydrogen (secondary N) is 1. The Morgan fingerprint density at radius 3 is 2.52 bits per heavy atom. The Morgan fingerprint density at radius 1 is 1.15 bits per heavy atom. The lowest BCUT2D eigenvalue weighted by Crippen LogP contribution is -2.41. The summed E-state index contributed by atoms with van der Waals surface area (Å²) in [6.07, 6.45) is 1.78. The molecule has 1 aliphatic heterocycles. The van der Waals surface area contributed by atoms with Crippen molar-refractivity contribution in [1.82, 2.24) is 10.2 Å². The van der Waals surface area contributed by atoms with Gasteiger partial charge in [0.1, 0.15) is 0 Å². The number of benzene rings is 1. The highest BCUT2D eigenvalue weighted by Crippen LogP contribution is 2.27. The van der Waals surface area contributed by atoms with Crippen molar-refractivity contribution in [1.29, 1.82) is 0 Å². The molecule has 144 valence electrons. The van der Waals surface area contributed by atoms with Crippen molar-refractivity contribution in [2.24, 2.45) is 5.92 Å². The summed E-state index contributed by atoms with van der Waals surface area (Å²) in [4.78, 5) is 27.5. The standard InChI is InChI=1S/C20H24N2O4S/c1-25-16-6-5-15(12-17(16)26-2)19(23)21-13-14-7-9-22(10-8-14)20(24)18-4-3-11-27-18/h3-6,11-12,14H,7-10,13H2,1-2H3,(H,21,23). The molecule has 0 aliphatic carbocycles. The molecule has 0 atom stereocenters. The quantitative estimate of drug-likeness (QED) is 0.826. The number of amides is 2. The zero-order valence-electron chi connectivity index (χ0n) is 15.6. The maximum absolute atomic E-state index is 12.4. The molecular weight excluding hydrogens is 364 g/mol. The lowest BCUT2D eigenvalue weighted by Gasteiger charge is -2.31. The van der Waals surface area contributed by atoms with Crippen LogP contribution in [0.3, 0.4) is 0 Å². The first-order valence-corrected chi connectivity index (χ1v) is 9.83. The molecule has 0 radical (unpaired) electrons. The largest absolute Gasteiger partial charge is 0.493 e. The van der Waals surface area contributed by atoms with Crippen molar-refractivity contribution in [3.63, 3.8) is 0 Å². The molecule has 1 saturated heterocycles. The Hall–Kier alpha value is -2.54. The van der Waals surface area contributed by atoms with Gasteiger partial charge >= 0.3 is 0 Å². The molecule has 1 aromatic carbocycles. The van der Waals surface area contributed by atoms with Gasteiger partial charge in [-0.3, -0.25) is 9.59 Å². The second kappa shape index (κ2) is 8.90. The van der Waals surface area contributed by atoms with E-state index in [1.807, 2.05) is 22.4 Å². The summed E-state index contributed by atoms with van der Waals surface area (Å²) >= 11 is 1.48. The minimum absolute atomic E-state index is 0.109. The lowest BCUT2D eigenvalue weighted by molar-refractivity contribution is 0.0689. The monoisotopic (exact) mass is 388 g/mol. The number of ether oxygens (including phenoxy) is 2. The molecule has 0 bridgehead atoms. The van der Waals surface area contributed by atoms with Gasteiger partial charge < -0.3 is 19.7 Å². The van der Waals surface area contributed by atoms with Crippen molar-refractivity contribution in [2.45, 2.75) is 12.8 Å². The number of piperidine rings is 1. The average Bonchev–Trinajstić information content (AvgIpc) is 3.26. The van der Waals surface area contributed by atoms with Crippen molar-refractivity contribution in [3.05, 3.63) is 46.2 Å². The Morgan fingerprint density at radius 2 is 1.89 bits per heavy atom. The molecule has 27 heavy (non-hydrogen) atoms. The predicted molar refractivity (Wildman–Crippen MR) is 105 cm³/mol. The van der Waals surface area contributed by atoms with Crippen LogP contribution in [0.5, 0.6) is 11.5 Å². The van der Waals surface area contributed by atoms with Gasteiger partial charge in [0.05, 0.1) is 19.1 Å². The number of hydrogen-bond acceptors (Lipinski definition) is 5. The van der Waals surface area contributed by atoms with E-state index in [-0.39, 0.29) is 11.8 Å². The van der Waals surface area contributed by atoms with Crippen LogP contribution in [0.25, 0.3) is 0 Å². The van der Waals surface area contributed by atoms with Gasteiger partial charge in [0.2, 0.25) is 0 Å². The van der Waals surface area contributed by atoms with E-state index in [0.717, 1.165) is 30.8 Å². The van der Waals surface area contributed by atoms with E-state index in [9.17, 15) is 9.59 Å². The molecule has 0 saturated carbocycles. The number of rotatable bonds is 6. The molecule has 1 fully saturated rings. The summed E-state index contributed by atoms with van der Waals surface area (Å²) < 4.78 is 10.4. The van der Waals surface area contributed by atoms with Crippen LogP contribution in [0.2, 0.25) is 0 Å². The van der Waals surface area contributed by atoms with E-state index in [4.69, 9.17) is 9.47 Å². The van der Waals surface area contributed by atoms with Gasteiger partial charge in [-0.15, -0.1) is 11.3 Å². The third kappa shape index (κ3) is 4.60. The SMILES string of the molecule is COc1ccc(C(=O)NCC2CCN(C(=O)c3cccs3)CC2)cc1OC. The van der Waals surface area contributed by atoms with Gasteiger partial charge in [-0.25, -0.2) is 0 Å². The zero-order valence-corrected chi connectivity index (χ0v) is 16.4. The lowest BCUT2D eigenvalue weighted by atomic mass is 9.96. The number of carbonyl (C=O) groups is 2. The Labute approximate surface area is 163 Å². The fourth-order valence-electron chi connectivity index (χ4n) is 3.21. The number of methoxy groups -OCH3 is 2. The molecule has 3 rings (SSSR count). The van der Waals surface area contributed by atoms with Crippen molar-refractivity contribution >= 4 is 23.2 Å². The van der Waals surface area contributed by atoms with Gasteiger partial charge in [-0.2, -0.15) is 0 Å². The van der Waals surface area contributed by atoms with E-state index in [1.54, 1.807) is 32.4 Å². The third-order valence-electron chi connectivity index (χ3n) is 4.83. The molecule has 2 aromatic rings. The Balaban J connectivity index is 1.48. The molecule has 0 unspecified atom stereocenters. The maximum atomic E-state index is 12.4. The van der Waals surface area contributed by atoms with Gasteiger partial charge in [-0.05, 0) is 48.4 Å². The summed E-state index contributed by atoms with van der Waals surface area (Å²) in [6.45, 7) is 2.06. The molecule has 7 heteroatoms. The number of nitrogens with zero attached hydrogens (tertiary/aromatic N) is 1. The molecule has 0 spiro atoms. The van der Waals surface area contributed by atoms with Crippen LogP contribution >= 0.6 is 11.3 Å². The number of hydrogen-bond donors (Lipinski definition) is 1. The summed E-state index contributed by atoms with van der Waals surface area (Å²) in [7, 11) is 3.11.